The number of halogens is 1. The lowest BCUT2D eigenvalue weighted by molar-refractivity contribution is -0.124. The highest BCUT2D eigenvalue weighted by atomic mass is 35.5. The van der Waals surface area contributed by atoms with Crippen molar-refractivity contribution in [1.82, 2.24) is 25.1 Å². The zero-order chi connectivity index (χ0) is 17.4. The Balaban J connectivity index is 0.00000196. The van der Waals surface area contributed by atoms with Gasteiger partial charge in [0.2, 0.25) is 5.91 Å². The molecular weight excluding hydrogens is 350 g/mol. The first-order chi connectivity index (χ1) is 12.1. The van der Waals surface area contributed by atoms with Crippen LogP contribution in [0.5, 0.6) is 0 Å². The maximum atomic E-state index is 12.7. The van der Waals surface area contributed by atoms with Crippen molar-refractivity contribution < 1.29 is 4.79 Å². The van der Waals surface area contributed by atoms with E-state index in [1.54, 1.807) is 0 Å². The number of amides is 1. The third-order valence-electron chi connectivity index (χ3n) is 6.68. The summed E-state index contributed by atoms with van der Waals surface area (Å²) in [5.41, 5.74) is 0. The van der Waals surface area contributed by atoms with E-state index in [-0.39, 0.29) is 24.4 Å². The van der Waals surface area contributed by atoms with E-state index in [2.05, 4.69) is 32.0 Å². The SMILES string of the molecule is CC(NC(=O)CN1CCNCC1c1nccn1C)C1CC2CCC1C2.Cl. The molecule has 5 atom stereocenters. The fraction of sp³-hybridized carbons (Fsp3) is 0.789. The quantitative estimate of drug-likeness (QED) is 0.815. The van der Waals surface area contributed by atoms with E-state index < -0.39 is 0 Å². The lowest BCUT2D eigenvalue weighted by Crippen LogP contribution is -2.51. The summed E-state index contributed by atoms with van der Waals surface area (Å²) in [6.07, 6.45) is 9.29. The minimum atomic E-state index is 0. The average Bonchev–Trinajstić information content (AvgIpc) is 3.32. The van der Waals surface area contributed by atoms with Crippen molar-refractivity contribution in [3.63, 3.8) is 0 Å². The minimum absolute atomic E-state index is 0. The van der Waals surface area contributed by atoms with Gasteiger partial charge in [-0.1, -0.05) is 6.42 Å². The van der Waals surface area contributed by atoms with Gasteiger partial charge in [0.05, 0.1) is 12.6 Å². The average molecular weight is 382 g/mol. The number of hydrogen-bond acceptors (Lipinski definition) is 4. The van der Waals surface area contributed by atoms with Crippen LogP contribution in [0.15, 0.2) is 12.4 Å². The van der Waals surface area contributed by atoms with Crippen LogP contribution in [0.1, 0.15) is 44.5 Å². The predicted octanol–water partition coefficient (Wildman–Crippen LogP) is 1.73. The molecule has 0 aromatic carbocycles. The van der Waals surface area contributed by atoms with Gasteiger partial charge in [0, 0.05) is 45.1 Å². The molecule has 1 aromatic heterocycles. The van der Waals surface area contributed by atoms with Crippen LogP contribution in [-0.2, 0) is 11.8 Å². The highest BCUT2D eigenvalue weighted by Crippen LogP contribution is 2.49. The molecule has 3 fully saturated rings. The number of carbonyl (C=O) groups is 1. The van der Waals surface area contributed by atoms with Crippen LogP contribution in [0.3, 0.4) is 0 Å². The molecule has 2 bridgehead atoms. The molecule has 4 rings (SSSR count). The zero-order valence-corrected chi connectivity index (χ0v) is 16.7. The van der Waals surface area contributed by atoms with E-state index in [0.717, 1.165) is 37.3 Å². The molecule has 26 heavy (non-hydrogen) atoms. The molecule has 5 unspecified atom stereocenters. The summed E-state index contributed by atoms with van der Waals surface area (Å²) >= 11 is 0. The number of nitrogens with one attached hydrogen (secondary N) is 2. The Kier molecular flexibility index (Phi) is 6.25. The van der Waals surface area contributed by atoms with E-state index in [4.69, 9.17) is 0 Å². The number of fused-ring (bicyclic) bond motifs is 2. The van der Waals surface area contributed by atoms with Crippen LogP contribution in [0.25, 0.3) is 0 Å². The first kappa shape index (κ1) is 19.6. The molecule has 6 nitrogen and oxygen atoms in total. The van der Waals surface area contributed by atoms with Crippen LogP contribution in [0.2, 0.25) is 0 Å². The van der Waals surface area contributed by atoms with Gasteiger partial charge in [0.1, 0.15) is 5.82 Å². The monoisotopic (exact) mass is 381 g/mol. The smallest absolute Gasteiger partial charge is 0.234 e. The van der Waals surface area contributed by atoms with Crippen molar-refractivity contribution in [2.75, 3.05) is 26.2 Å². The first-order valence-corrected chi connectivity index (χ1v) is 9.83. The molecule has 2 N–H and O–H groups in total. The summed E-state index contributed by atoms with van der Waals surface area (Å²) in [5.74, 6) is 3.66. The van der Waals surface area contributed by atoms with Gasteiger partial charge in [-0.2, -0.15) is 0 Å². The largest absolute Gasteiger partial charge is 0.352 e. The minimum Gasteiger partial charge on any atom is -0.352 e. The molecule has 1 aliphatic heterocycles. The topological polar surface area (TPSA) is 62.2 Å². The number of imidazole rings is 1. The van der Waals surface area contributed by atoms with Gasteiger partial charge >= 0.3 is 0 Å². The van der Waals surface area contributed by atoms with Gasteiger partial charge in [0.25, 0.3) is 0 Å². The molecule has 7 heteroatoms. The highest BCUT2D eigenvalue weighted by molar-refractivity contribution is 5.85. The molecule has 2 heterocycles. The second-order valence-electron chi connectivity index (χ2n) is 8.28. The van der Waals surface area contributed by atoms with Gasteiger partial charge in [-0.05, 0) is 43.9 Å². The molecule has 146 valence electrons. The molecule has 2 saturated carbocycles. The van der Waals surface area contributed by atoms with Crippen molar-refractivity contribution in [3.8, 4) is 0 Å². The van der Waals surface area contributed by atoms with Gasteiger partial charge < -0.3 is 15.2 Å². The standard InChI is InChI=1S/C19H31N5O.ClH/c1-13(16-10-14-3-4-15(16)9-14)22-18(25)12-24-8-5-20-11-17(24)19-21-6-7-23(19)2;/h6-7,13-17,20H,3-5,8-12H2,1-2H3,(H,22,25);1H. The Morgan fingerprint density at radius 1 is 1.42 bits per heavy atom. The predicted molar refractivity (Wildman–Crippen MR) is 104 cm³/mol. The van der Waals surface area contributed by atoms with Crippen molar-refractivity contribution in [2.45, 2.75) is 44.7 Å². The van der Waals surface area contributed by atoms with Crippen LogP contribution in [0, 0.1) is 17.8 Å². The van der Waals surface area contributed by atoms with E-state index in [0.29, 0.717) is 18.5 Å². The van der Waals surface area contributed by atoms with Crippen LogP contribution >= 0.6 is 12.4 Å². The lowest BCUT2D eigenvalue weighted by atomic mass is 9.84. The summed E-state index contributed by atoms with van der Waals surface area (Å²) in [5, 5.41) is 6.74. The third kappa shape index (κ3) is 3.92. The molecule has 3 aliphatic rings. The Labute approximate surface area is 162 Å². The molecule has 0 radical (unpaired) electrons. The number of rotatable bonds is 5. The second-order valence-corrected chi connectivity index (χ2v) is 8.28. The fourth-order valence-electron chi connectivity index (χ4n) is 5.39. The molecule has 1 aromatic rings. The van der Waals surface area contributed by atoms with Gasteiger partial charge in [-0.15, -0.1) is 12.4 Å². The van der Waals surface area contributed by atoms with Crippen LogP contribution in [0.4, 0.5) is 0 Å². The zero-order valence-electron chi connectivity index (χ0n) is 15.9. The summed E-state index contributed by atoms with van der Waals surface area (Å²) < 4.78 is 2.06. The Morgan fingerprint density at radius 3 is 2.92 bits per heavy atom. The molecule has 1 amide bonds. The number of aryl methyl sites for hydroxylation is 1. The molecular formula is C19H32ClN5O. The highest BCUT2D eigenvalue weighted by Gasteiger charge is 2.42. The Morgan fingerprint density at radius 2 is 2.27 bits per heavy atom. The van der Waals surface area contributed by atoms with Gasteiger partial charge in [0.15, 0.2) is 0 Å². The molecule has 2 aliphatic carbocycles. The third-order valence-corrected chi connectivity index (χ3v) is 6.68. The molecule has 1 saturated heterocycles. The number of carbonyl (C=O) groups excluding carboxylic acids is 1. The summed E-state index contributed by atoms with van der Waals surface area (Å²) in [6, 6.07) is 0.467. The number of hydrogen-bond donors (Lipinski definition) is 2. The second kappa shape index (κ2) is 8.28. The maximum absolute atomic E-state index is 12.7. The first-order valence-electron chi connectivity index (χ1n) is 9.83. The molecule has 0 spiro atoms. The van der Waals surface area contributed by atoms with E-state index in [1.807, 2.05) is 19.4 Å². The fourth-order valence-corrected chi connectivity index (χ4v) is 5.39. The van der Waals surface area contributed by atoms with Crippen LogP contribution in [-0.4, -0.2) is 52.6 Å². The van der Waals surface area contributed by atoms with E-state index in [9.17, 15) is 4.79 Å². The number of piperazine rings is 1. The van der Waals surface area contributed by atoms with E-state index in [1.165, 1.54) is 25.7 Å². The summed E-state index contributed by atoms with van der Waals surface area (Å²) in [6.45, 7) is 5.32. The van der Waals surface area contributed by atoms with Crippen molar-refractivity contribution in [2.24, 2.45) is 24.8 Å². The van der Waals surface area contributed by atoms with Gasteiger partial charge in [-0.3, -0.25) is 9.69 Å². The lowest BCUT2D eigenvalue weighted by Gasteiger charge is -2.36. The summed E-state index contributed by atoms with van der Waals surface area (Å²) in [4.78, 5) is 19.4. The Bertz CT molecular complexity index is 621. The normalized spacial score (nSPS) is 32.2. The summed E-state index contributed by atoms with van der Waals surface area (Å²) in [7, 11) is 2.02. The van der Waals surface area contributed by atoms with Gasteiger partial charge in [-0.25, -0.2) is 4.98 Å². The van der Waals surface area contributed by atoms with Crippen molar-refractivity contribution in [3.05, 3.63) is 18.2 Å². The van der Waals surface area contributed by atoms with E-state index >= 15 is 0 Å². The van der Waals surface area contributed by atoms with Crippen LogP contribution < -0.4 is 10.6 Å². The maximum Gasteiger partial charge on any atom is 0.234 e. The number of aromatic nitrogens is 2. The Hall–Kier alpha value is -1.11. The van der Waals surface area contributed by atoms with Crippen molar-refractivity contribution in [1.29, 1.82) is 0 Å². The number of nitrogens with zero attached hydrogens (tertiary/aromatic N) is 3. The van der Waals surface area contributed by atoms with Crippen molar-refractivity contribution >= 4 is 18.3 Å².